The molecule has 2 atom stereocenters. The third-order valence-corrected chi connectivity index (χ3v) is 4.16. The number of fused-ring (bicyclic) bond motifs is 2. The Morgan fingerprint density at radius 2 is 2.10 bits per heavy atom. The van der Waals surface area contributed by atoms with Crippen molar-refractivity contribution in [3.8, 4) is 0 Å². The number of ether oxygens (including phenoxy) is 1. The van der Waals surface area contributed by atoms with E-state index in [0.717, 1.165) is 32.5 Å². The first-order valence-corrected chi connectivity index (χ1v) is 7.88. The molecule has 1 N–H and O–H groups in total. The average Bonchev–Trinajstić information content (AvgIpc) is 2.79. The van der Waals surface area contributed by atoms with Gasteiger partial charge in [0.1, 0.15) is 0 Å². The van der Waals surface area contributed by atoms with Gasteiger partial charge in [-0.1, -0.05) is 13.8 Å². The highest BCUT2D eigenvalue weighted by Crippen LogP contribution is 2.30. The summed E-state index contributed by atoms with van der Waals surface area (Å²) in [6.45, 7) is 7.23. The fourth-order valence-corrected chi connectivity index (χ4v) is 3.11. The lowest BCUT2D eigenvalue weighted by molar-refractivity contribution is 0.0300. The van der Waals surface area contributed by atoms with E-state index in [4.69, 9.17) is 4.74 Å². The summed E-state index contributed by atoms with van der Waals surface area (Å²) >= 11 is 0. The van der Waals surface area contributed by atoms with Crippen molar-refractivity contribution in [2.45, 2.75) is 45.4 Å². The van der Waals surface area contributed by atoms with Crippen LogP contribution in [0.15, 0.2) is 12.3 Å². The minimum absolute atomic E-state index is 0.185. The maximum absolute atomic E-state index is 14.7. The largest absolute Gasteiger partial charge is 0.371 e. The third kappa shape index (κ3) is 3.35. The van der Waals surface area contributed by atoms with Crippen molar-refractivity contribution in [3.63, 3.8) is 0 Å². The maximum atomic E-state index is 14.7. The molecule has 0 aromatic carbocycles. The van der Waals surface area contributed by atoms with E-state index in [2.05, 4.69) is 24.1 Å². The number of morpholine rings is 1. The quantitative estimate of drug-likeness (QED) is 0.904. The van der Waals surface area contributed by atoms with Gasteiger partial charge < -0.3 is 15.0 Å². The van der Waals surface area contributed by atoms with Crippen LogP contribution in [-0.4, -0.2) is 36.8 Å². The molecule has 2 fully saturated rings. The van der Waals surface area contributed by atoms with Crippen LogP contribution in [0.2, 0.25) is 0 Å². The van der Waals surface area contributed by atoms with Crippen LogP contribution >= 0.6 is 0 Å². The number of hydrogen-bond donors (Lipinski definition) is 1. The summed E-state index contributed by atoms with van der Waals surface area (Å²) in [5, 5.41) is 3.29. The Morgan fingerprint density at radius 3 is 2.76 bits per heavy atom. The van der Waals surface area contributed by atoms with Crippen LogP contribution in [0.25, 0.3) is 0 Å². The van der Waals surface area contributed by atoms with Gasteiger partial charge in [0.25, 0.3) is 0 Å². The standard InChI is InChI=1S/C16H24FN3O/c1-11(2)7-18-8-12-5-6-19-16(15(12)17)20-9-13-3-4-14(10-20)21-13/h5-6,11,13-14,18H,3-4,7-10H2,1-2H3. The molecular formula is C16H24FN3O. The number of rotatable bonds is 5. The molecule has 0 spiro atoms. The summed E-state index contributed by atoms with van der Waals surface area (Å²) < 4.78 is 20.5. The molecule has 1 aromatic rings. The second kappa shape index (κ2) is 6.28. The molecule has 3 rings (SSSR count). The Hall–Kier alpha value is -1.20. The molecule has 116 valence electrons. The zero-order valence-electron chi connectivity index (χ0n) is 12.8. The third-order valence-electron chi connectivity index (χ3n) is 4.16. The summed E-state index contributed by atoms with van der Waals surface area (Å²) in [5.41, 5.74) is 0.694. The summed E-state index contributed by atoms with van der Waals surface area (Å²) in [4.78, 5) is 6.32. The Morgan fingerprint density at radius 1 is 1.38 bits per heavy atom. The molecule has 0 aliphatic carbocycles. The highest BCUT2D eigenvalue weighted by atomic mass is 19.1. The van der Waals surface area contributed by atoms with Gasteiger partial charge in [-0.05, 0) is 31.4 Å². The average molecular weight is 293 g/mol. The molecule has 21 heavy (non-hydrogen) atoms. The summed E-state index contributed by atoms with van der Waals surface area (Å²) in [6.07, 6.45) is 4.36. The van der Waals surface area contributed by atoms with Gasteiger partial charge in [0.05, 0.1) is 12.2 Å². The van der Waals surface area contributed by atoms with E-state index in [1.807, 2.05) is 4.90 Å². The molecule has 0 radical (unpaired) electrons. The van der Waals surface area contributed by atoms with Gasteiger partial charge in [-0.15, -0.1) is 0 Å². The lowest BCUT2D eigenvalue weighted by atomic mass is 10.2. The zero-order valence-corrected chi connectivity index (χ0v) is 12.8. The molecular weight excluding hydrogens is 269 g/mol. The molecule has 3 heterocycles. The maximum Gasteiger partial charge on any atom is 0.170 e. The molecule has 2 aliphatic heterocycles. The SMILES string of the molecule is CC(C)CNCc1ccnc(N2CC3CCC(C2)O3)c1F. The van der Waals surface area contributed by atoms with Crippen LogP contribution in [0.3, 0.4) is 0 Å². The highest BCUT2D eigenvalue weighted by molar-refractivity contribution is 5.44. The van der Waals surface area contributed by atoms with Crippen LogP contribution in [0.5, 0.6) is 0 Å². The fraction of sp³-hybridized carbons (Fsp3) is 0.688. The number of aromatic nitrogens is 1. The zero-order chi connectivity index (χ0) is 14.8. The highest BCUT2D eigenvalue weighted by Gasteiger charge is 2.35. The topological polar surface area (TPSA) is 37.4 Å². The van der Waals surface area contributed by atoms with Gasteiger partial charge in [0.2, 0.25) is 0 Å². The van der Waals surface area contributed by atoms with E-state index < -0.39 is 0 Å². The van der Waals surface area contributed by atoms with Crippen molar-refractivity contribution in [1.29, 1.82) is 0 Å². The van der Waals surface area contributed by atoms with Crippen LogP contribution in [-0.2, 0) is 11.3 Å². The van der Waals surface area contributed by atoms with Gasteiger partial charge in [-0.2, -0.15) is 0 Å². The molecule has 2 unspecified atom stereocenters. The molecule has 5 heteroatoms. The Bertz CT molecular complexity index is 482. The lowest BCUT2D eigenvalue weighted by Gasteiger charge is -2.33. The van der Waals surface area contributed by atoms with Crippen molar-refractivity contribution >= 4 is 5.82 Å². The first-order chi connectivity index (χ1) is 10.1. The fourth-order valence-electron chi connectivity index (χ4n) is 3.11. The molecule has 2 aliphatic rings. The van der Waals surface area contributed by atoms with Crippen molar-refractivity contribution in [1.82, 2.24) is 10.3 Å². The summed E-state index contributed by atoms with van der Waals surface area (Å²) in [5.74, 6) is 0.860. The second-order valence-corrected chi connectivity index (χ2v) is 6.49. The van der Waals surface area contributed by atoms with Crippen molar-refractivity contribution in [3.05, 3.63) is 23.6 Å². The van der Waals surface area contributed by atoms with Gasteiger partial charge in [-0.3, -0.25) is 0 Å². The predicted molar refractivity (Wildman–Crippen MR) is 80.8 cm³/mol. The van der Waals surface area contributed by atoms with Crippen molar-refractivity contribution < 1.29 is 9.13 Å². The van der Waals surface area contributed by atoms with Crippen LogP contribution in [0.4, 0.5) is 10.2 Å². The predicted octanol–water partition coefficient (Wildman–Crippen LogP) is 2.33. The number of halogens is 1. The Kier molecular flexibility index (Phi) is 4.40. The first-order valence-electron chi connectivity index (χ1n) is 7.88. The monoisotopic (exact) mass is 293 g/mol. The van der Waals surface area contributed by atoms with Gasteiger partial charge in [0, 0.05) is 31.4 Å². The van der Waals surface area contributed by atoms with E-state index in [-0.39, 0.29) is 18.0 Å². The van der Waals surface area contributed by atoms with Crippen LogP contribution in [0.1, 0.15) is 32.3 Å². The number of nitrogens with one attached hydrogen (secondary N) is 1. The molecule has 2 saturated heterocycles. The first kappa shape index (κ1) is 14.7. The van der Waals surface area contributed by atoms with E-state index in [1.165, 1.54) is 0 Å². The Labute approximate surface area is 125 Å². The Balaban J connectivity index is 1.71. The molecule has 0 amide bonds. The van der Waals surface area contributed by atoms with Gasteiger partial charge in [0.15, 0.2) is 11.6 Å². The van der Waals surface area contributed by atoms with Crippen molar-refractivity contribution in [2.24, 2.45) is 5.92 Å². The number of anilines is 1. The lowest BCUT2D eigenvalue weighted by Crippen LogP contribution is -2.43. The molecule has 1 aromatic heterocycles. The molecule has 2 bridgehead atoms. The molecule has 0 saturated carbocycles. The second-order valence-electron chi connectivity index (χ2n) is 6.49. The summed E-state index contributed by atoms with van der Waals surface area (Å²) in [6, 6.07) is 1.77. The van der Waals surface area contributed by atoms with Crippen molar-refractivity contribution in [2.75, 3.05) is 24.5 Å². The van der Waals surface area contributed by atoms with Crippen LogP contribution < -0.4 is 10.2 Å². The van der Waals surface area contributed by atoms with E-state index in [9.17, 15) is 4.39 Å². The van der Waals surface area contributed by atoms with E-state index in [1.54, 1.807) is 12.3 Å². The van der Waals surface area contributed by atoms with E-state index in [0.29, 0.717) is 23.8 Å². The normalized spacial score (nSPS) is 24.9. The van der Waals surface area contributed by atoms with Crippen LogP contribution in [0, 0.1) is 11.7 Å². The van der Waals surface area contributed by atoms with E-state index >= 15 is 0 Å². The van der Waals surface area contributed by atoms with Gasteiger partial charge >= 0.3 is 0 Å². The smallest absolute Gasteiger partial charge is 0.170 e. The van der Waals surface area contributed by atoms with Gasteiger partial charge in [-0.25, -0.2) is 9.37 Å². The number of nitrogens with zero attached hydrogens (tertiary/aromatic N) is 2. The minimum atomic E-state index is -0.185. The number of pyridine rings is 1. The molecule has 4 nitrogen and oxygen atoms in total. The number of hydrogen-bond acceptors (Lipinski definition) is 4. The minimum Gasteiger partial charge on any atom is -0.371 e. The summed E-state index contributed by atoms with van der Waals surface area (Å²) in [7, 11) is 0.